The van der Waals surface area contributed by atoms with Crippen molar-refractivity contribution < 1.29 is 9.53 Å². The number of ether oxygens (including phenoxy) is 1. The van der Waals surface area contributed by atoms with Crippen LogP contribution in [0.3, 0.4) is 0 Å². The minimum atomic E-state index is -0.269. The maximum Gasteiger partial charge on any atom is 0.302 e. The Morgan fingerprint density at radius 3 is 2.92 bits per heavy atom. The lowest BCUT2D eigenvalue weighted by atomic mass is 10.3. The van der Waals surface area contributed by atoms with Crippen LogP contribution in [0.5, 0.6) is 0 Å². The van der Waals surface area contributed by atoms with Gasteiger partial charge in [-0.15, -0.1) is 0 Å². The molecule has 1 rings (SSSR count). The number of nitrogens with zero attached hydrogens (tertiary/aromatic N) is 1. The largest absolute Gasteiger partial charge is 0.465 e. The van der Waals surface area contributed by atoms with E-state index in [4.69, 9.17) is 16.3 Å². The van der Waals surface area contributed by atoms with Gasteiger partial charge in [0.1, 0.15) is 0 Å². The van der Waals surface area contributed by atoms with Gasteiger partial charge in [-0.05, 0) is 12.1 Å². The van der Waals surface area contributed by atoms with Crippen LogP contribution < -0.4 is 0 Å². The van der Waals surface area contributed by atoms with Crippen LogP contribution in [0.15, 0.2) is 18.3 Å². The van der Waals surface area contributed by atoms with Crippen LogP contribution in [0.1, 0.15) is 12.6 Å². The van der Waals surface area contributed by atoms with Crippen LogP contribution in [0, 0.1) is 0 Å². The van der Waals surface area contributed by atoms with Gasteiger partial charge in [-0.3, -0.25) is 9.78 Å². The van der Waals surface area contributed by atoms with Gasteiger partial charge < -0.3 is 4.74 Å². The number of carbonyl (C=O) groups excluding carboxylic acids is 1. The minimum Gasteiger partial charge on any atom is -0.465 e. The zero-order chi connectivity index (χ0) is 9.68. The Morgan fingerprint density at radius 2 is 2.38 bits per heavy atom. The summed E-state index contributed by atoms with van der Waals surface area (Å²) < 4.78 is 4.76. The zero-order valence-electron chi connectivity index (χ0n) is 7.29. The molecular weight excluding hydrogens is 190 g/mol. The number of aromatic nitrogens is 1. The molecule has 0 aliphatic carbocycles. The van der Waals surface area contributed by atoms with Crippen LogP contribution in [-0.4, -0.2) is 17.6 Å². The molecule has 0 fully saturated rings. The number of pyridine rings is 1. The van der Waals surface area contributed by atoms with Gasteiger partial charge in [-0.25, -0.2) is 0 Å². The summed E-state index contributed by atoms with van der Waals surface area (Å²) in [6, 6.07) is 3.57. The number of halogens is 1. The van der Waals surface area contributed by atoms with Gasteiger partial charge in [0.25, 0.3) is 0 Å². The average molecular weight is 200 g/mol. The van der Waals surface area contributed by atoms with Crippen molar-refractivity contribution in [3.63, 3.8) is 0 Å². The van der Waals surface area contributed by atoms with Crippen LogP contribution >= 0.6 is 11.6 Å². The molecule has 0 radical (unpaired) electrons. The molecule has 0 amide bonds. The maximum atomic E-state index is 10.4. The van der Waals surface area contributed by atoms with Crippen molar-refractivity contribution in [2.24, 2.45) is 0 Å². The fraction of sp³-hybridized carbons (Fsp3) is 0.333. The first-order chi connectivity index (χ1) is 6.18. The summed E-state index contributed by atoms with van der Waals surface area (Å²) in [5.41, 5.74) is 0.866. The predicted molar refractivity (Wildman–Crippen MR) is 49.6 cm³/mol. The molecule has 0 aliphatic rings. The van der Waals surface area contributed by atoms with Crippen molar-refractivity contribution in [2.75, 3.05) is 6.61 Å². The Hall–Kier alpha value is -1.09. The number of esters is 1. The second-order valence-electron chi connectivity index (χ2n) is 2.56. The van der Waals surface area contributed by atoms with Gasteiger partial charge in [0, 0.05) is 25.2 Å². The molecule has 1 heterocycles. The predicted octanol–water partition coefficient (Wildman–Crippen LogP) is 1.84. The maximum absolute atomic E-state index is 10.4. The highest BCUT2D eigenvalue weighted by atomic mass is 35.5. The molecule has 70 valence electrons. The Bertz CT molecular complexity index is 284. The monoisotopic (exact) mass is 199 g/mol. The Kier molecular flexibility index (Phi) is 3.71. The van der Waals surface area contributed by atoms with Crippen molar-refractivity contribution in [3.8, 4) is 0 Å². The molecule has 3 nitrogen and oxygen atoms in total. The third-order valence-electron chi connectivity index (χ3n) is 1.45. The molecule has 1 aromatic heterocycles. The fourth-order valence-electron chi connectivity index (χ4n) is 0.854. The van der Waals surface area contributed by atoms with Crippen LogP contribution in [0.4, 0.5) is 0 Å². The van der Waals surface area contributed by atoms with E-state index in [0.29, 0.717) is 18.1 Å². The van der Waals surface area contributed by atoms with Crippen molar-refractivity contribution in [1.29, 1.82) is 0 Å². The van der Waals surface area contributed by atoms with E-state index in [1.165, 1.54) is 6.92 Å². The summed E-state index contributed by atoms with van der Waals surface area (Å²) in [4.78, 5) is 14.5. The number of carbonyl (C=O) groups is 1. The molecular formula is C9H10ClNO2. The summed E-state index contributed by atoms with van der Waals surface area (Å²) in [7, 11) is 0. The Labute approximate surface area is 81.7 Å². The summed E-state index contributed by atoms with van der Waals surface area (Å²) >= 11 is 5.65. The van der Waals surface area contributed by atoms with E-state index in [2.05, 4.69) is 4.98 Å². The Morgan fingerprint density at radius 1 is 1.62 bits per heavy atom. The molecule has 0 aromatic carbocycles. The molecule has 1 aromatic rings. The van der Waals surface area contributed by atoms with Gasteiger partial charge in [0.15, 0.2) is 0 Å². The van der Waals surface area contributed by atoms with E-state index in [-0.39, 0.29) is 5.97 Å². The second-order valence-corrected chi connectivity index (χ2v) is 2.99. The molecule has 0 spiro atoms. The van der Waals surface area contributed by atoms with Gasteiger partial charge in [-0.1, -0.05) is 11.6 Å². The standard InChI is InChI=1S/C9H10ClNO2/c1-7(12)13-5-4-9-3-2-8(10)6-11-9/h2-3,6H,4-5H2,1H3. The molecule has 0 bridgehead atoms. The topological polar surface area (TPSA) is 39.2 Å². The molecule has 0 N–H and O–H groups in total. The lowest BCUT2D eigenvalue weighted by Gasteiger charge is -2.00. The number of hydrogen-bond acceptors (Lipinski definition) is 3. The molecule has 0 unspecified atom stereocenters. The van der Waals surface area contributed by atoms with Gasteiger partial charge in [-0.2, -0.15) is 0 Å². The van der Waals surface area contributed by atoms with E-state index in [9.17, 15) is 4.79 Å². The van der Waals surface area contributed by atoms with Gasteiger partial charge in [0.05, 0.1) is 11.6 Å². The fourth-order valence-corrected chi connectivity index (χ4v) is 0.965. The van der Waals surface area contributed by atoms with Gasteiger partial charge in [0.2, 0.25) is 0 Å². The van der Waals surface area contributed by atoms with Crippen LogP contribution in [0.2, 0.25) is 5.02 Å². The Balaban J connectivity index is 2.37. The lowest BCUT2D eigenvalue weighted by molar-refractivity contribution is -0.140. The molecule has 4 heteroatoms. The van der Waals surface area contributed by atoms with Crippen molar-refractivity contribution in [1.82, 2.24) is 4.98 Å². The lowest BCUT2D eigenvalue weighted by Crippen LogP contribution is -2.04. The van der Waals surface area contributed by atoms with E-state index in [1.54, 1.807) is 12.3 Å². The summed E-state index contributed by atoms with van der Waals surface area (Å²) in [5, 5.41) is 0.608. The molecule has 13 heavy (non-hydrogen) atoms. The summed E-state index contributed by atoms with van der Waals surface area (Å²) in [5.74, 6) is -0.269. The molecule has 0 saturated heterocycles. The average Bonchev–Trinajstić information content (AvgIpc) is 2.08. The smallest absolute Gasteiger partial charge is 0.302 e. The third-order valence-corrected chi connectivity index (χ3v) is 1.68. The first kappa shape index (κ1) is 9.99. The van der Waals surface area contributed by atoms with E-state index in [0.717, 1.165) is 5.69 Å². The van der Waals surface area contributed by atoms with E-state index < -0.39 is 0 Å². The highest BCUT2D eigenvalue weighted by Crippen LogP contribution is 2.06. The van der Waals surface area contributed by atoms with Crippen molar-refractivity contribution in [3.05, 3.63) is 29.0 Å². The van der Waals surface area contributed by atoms with E-state index >= 15 is 0 Å². The molecule has 0 saturated carbocycles. The van der Waals surface area contributed by atoms with Crippen LogP contribution in [0.25, 0.3) is 0 Å². The molecule has 0 aliphatic heterocycles. The minimum absolute atomic E-state index is 0.269. The normalized spacial score (nSPS) is 9.69. The quantitative estimate of drug-likeness (QED) is 0.698. The highest BCUT2D eigenvalue weighted by molar-refractivity contribution is 6.30. The summed E-state index contributed by atoms with van der Waals surface area (Å²) in [6.45, 7) is 1.75. The highest BCUT2D eigenvalue weighted by Gasteiger charge is 1.96. The zero-order valence-corrected chi connectivity index (χ0v) is 8.04. The molecule has 0 atom stereocenters. The first-order valence-corrected chi connectivity index (χ1v) is 4.30. The third kappa shape index (κ3) is 3.90. The second kappa shape index (κ2) is 4.82. The van der Waals surface area contributed by atoms with Crippen molar-refractivity contribution >= 4 is 17.6 Å². The SMILES string of the molecule is CC(=O)OCCc1ccc(Cl)cn1. The van der Waals surface area contributed by atoms with Crippen molar-refractivity contribution in [2.45, 2.75) is 13.3 Å². The number of hydrogen-bond donors (Lipinski definition) is 0. The van der Waals surface area contributed by atoms with E-state index in [1.807, 2.05) is 6.07 Å². The van der Waals surface area contributed by atoms with Crippen LogP contribution in [-0.2, 0) is 16.0 Å². The summed E-state index contributed by atoms with van der Waals surface area (Å²) in [6.07, 6.45) is 2.20. The number of rotatable bonds is 3. The van der Waals surface area contributed by atoms with Gasteiger partial charge >= 0.3 is 5.97 Å². The first-order valence-electron chi connectivity index (χ1n) is 3.92.